The van der Waals surface area contributed by atoms with Gasteiger partial charge in [0.15, 0.2) is 4.34 Å². The number of carbonyl (C=O) groups is 2. The molecule has 11 heteroatoms. The predicted molar refractivity (Wildman–Crippen MR) is 108 cm³/mol. The molecular formula is C17H12BrN3O5S2. The van der Waals surface area contributed by atoms with Crippen LogP contribution < -0.4 is 15.5 Å². The fourth-order valence-electron chi connectivity index (χ4n) is 1.97. The lowest BCUT2D eigenvalue weighted by Gasteiger charge is -2.05. The van der Waals surface area contributed by atoms with E-state index in [9.17, 15) is 14.4 Å². The fourth-order valence-corrected chi connectivity index (χ4v) is 4.11. The summed E-state index contributed by atoms with van der Waals surface area (Å²) in [4.78, 5) is 35.4. The summed E-state index contributed by atoms with van der Waals surface area (Å²) in [6.45, 7) is 1.38. The zero-order valence-electron chi connectivity index (χ0n) is 14.3. The van der Waals surface area contributed by atoms with E-state index in [-0.39, 0.29) is 11.7 Å². The van der Waals surface area contributed by atoms with Gasteiger partial charge in [0.25, 0.3) is 0 Å². The minimum atomic E-state index is -0.665. The third-order valence-electron chi connectivity index (χ3n) is 3.18. The molecule has 3 aromatic rings. The zero-order valence-corrected chi connectivity index (χ0v) is 17.5. The number of thioether (sulfide) groups is 1. The van der Waals surface area contributed by atoms with Gasteiger partial charge in [0, 0.05) is 17.5 Å². The van der Waals surface area contributed by atoms with E-state index in [0.717, 1.165) is 6.26 Å². The number of halogens is 1. The highest BCUT2D eigenvalue weighted by atomic mass is 79.9. The molecule has 0 saturated carbocycles. The van der Waals surface area contributed by atoms with E-state index in [2.05, 4.69) is 31.4 Å². The SMILES string of the molecule is CC(=O)Nc1nnc(SCc2cc(=O)c(OC(=O)c3ccccc3Br)co2)s1. The molecule has 1 N–H and O–H groups in total. The third-order valence-corrected chi connectivity index (χ3v) is 5.86. The van der Waals surface area contributed by atoms with Crippen molar-refractivity contribution < 1.29 is 18.7 Å². The van der Waals surface area contributed by atoms with Crippen LogP contribution in [0.2, 0.25) is 0 Å². The van der Waals surface area contributed by atoms with Gasteiger partial charge in [0.2, 0.25) is 22.2 Å². The van der Waals surface area contributed by atoms with Crippen molar-refractivity contribution in [2.24, 2.45) is 0 Å². The first-order valence-electron chi connectivity index (χ1n) is 7.74. The first-order chi connectivity index (χ1) is 13.4. The Hall–Kier alpha value is -2.50. The maximum atomic E-state index is 12.2. The van der Waals surface area contributed by atoms with Gasteiger partial charge in [-0.15, -0.1) is 10.2 Å². The predicted octanol–water partition coefficient (Wildman–Crippen LogP) is 3.72. The molecule has 0 aliphatic heterocycles. The molecule has 28 heavy (non-hydrogen) atoms. The highest BCUT2D eigenvalue weighted by molar-refractivity contribution is 9.10. The second-order valence-corrected chi connectivity index (χ2v) is 8.34. The largest absolute Gasteiger partial charge is 0.464 e. The molecule has 0 aliphatic carbocycles. The standard InChI is InChI=1S/C17H12BrN3O5S2/c1-9(22)19-16-20-21-17(28-16)27-8-10-6-13(23)14(7-25-10)26-15(24)11-4-2-3-5-12(11)18/h2-7H,8H2,1H3,(H,19,20,22). The Balaban J connectivity index is 1.63. The smallest absolute Gasteiger partial charge is 0.344 e. The van der Waals surface area contributed by atoms with Gasteiger partial charge in [-0.3, -0.25) is 9.59 Å². The highest BCUT2D eigenvalue weighted by Gasteiger charge is 2.15. The molecule has 0 saturated heterocycles. The minimum absolute atomic E-state index is 0.196. The van der Waals surface area contributed by atoms with Crippen LogP contribution >= 0.6 is 39.0 Å². The number of anilines is 1. The molecule has 0 bridgehead atoms. The summed E-state index contributed by atoms with van der Waals surface area (Å²) in [5.41, 5.74) is -0.175. The van der Waals surface area contributed by atoms with Gasteiger partial charge >= 0.3 is 5.97 Å². The van der Waals surface area contributed by atoms with Crippen molar-refractivity contribution in [2.45, 2.75) is 17.0 Å². The summed E-state index contributed by atoms with van der Waals surface area (Å²) in [5.74, 6) is -0.388. The zero-order chi connectivity index (χ0) is 20.1. The van der Waals surface area contributed by atoms with E-state index in [1.165, 1.54) is 36.1 Å². The van der Waals surface area contributed by atoms with Gasteiger partial charge in [-0.2, -0.15) is 0 Å². The third kappa shape index (κ3) is 5.27. The van der Waals surface area contributed by atoms with Crippen LogP contribution in [-0.4, -0.2) is 22.1 Å². The Bertz CT molecular complexity index is 1080. The molecule has 1 amide bonds. The quantitative estimate of drug-likeness (QED) is 0.322. The Morgan fingerprint density at radius 2 is 2.11 bits per heavy atom. The van der Waals surface area contributed by atoms with E-state index in [1.807, 2.05) is 0 Å². The number of carbonyl (C=O) groups excluding carboxylic acids is 2. The lowest BCUT2D eigenvalue weighted by Crippen LogP contribution is -2.15. The Morgan fingerprint density at radius 3 is 2.82 bits per heavy atom. The van der Waals surface area contributed by atoms with E-state index in [4.69, 9.17) is 9.15 Å². The average Bonchev–Trinajstić information content (AvgIpc) is 3.09. The molecule has 0 fully saturated rings. The van der Waals surface area contributed by atoms with Gasteiger partial charge in [-0.1, -0.05) is 35.2 Å². The van der Waals surface area contributed by atoms with Crippen molar-refractivity contribution in [1.82, 2.24) is 10.2 Å². The summed E-state index contributed by atoms with van der Waals surface area (Å²) >= 11 is 5.77. The highest BCUT2D eigenvalue weighted by Crippen LogP contribution is 2.28. The summed E-state index contributed by atoms with van der Waals surface area (Å²) in [7, 11) is 0. The molecule has 8 nitrogen and oxygen atoms in total. The maximum Gasteiger partial charge on any atom is 0.344 e. The lowest BCUT2D eigenvalue weighted by atomic mass is 10.2. The van der Waals surface area contributed by atoms with Gasteiger partial charge < -0.3 is 14.5 Å². The number of hydrogen-bond acceptors (Lipinski definition) is 9. The number of rotatable bonds is 6. The summed E-state index contributed by atoms with van der Waals surface area (Å²) in [5, 5.41) is 10.7. The first kappa shape index (κ1) is 20.2. The van der Waals surface area contributed by atoms with Crippen LogP contribution in [0.5, 0.6) is 5.75 Å². The Morgan fingerprint density at radius 1 is 1.32 bits per heavy atom. The fraction of sp³-hybridized carbons (Fsp3) is 0.118. The molecule has 0 atom stereocenters. The molecule has 3 rings (SSSR count). The number of esters is 1. The summed E-state index contributed by atoms with van der Waals surface area (Å²) < 4.78 is 11.7. The number of nitrogens with zero attached hydrogens (tertiary/aromatic N) is 2. The first-order valence-corrected chi connectivity index (χ1v) is 10.3. The lowest BCUT2D eigenvalue weighted by molar-refractivity contribution is -0.114. The number of nitrogens with one attached hydrogen (secondary N) is 1. The van der Waals surface area contributed by atoms with Crippen molar-refractivity contribution in [1.29, 1.82) is 0 Å². The van der Waals surface area contributed by atoms with Gasteiger partial charge in [0.05, 0.1) is 11.3 Å². The van der Waals surface area contributed by atoms with Crippen molar-refractivity contribution in [3.8, 4) is 5.75 Å². The van der Waals surface area contributed by atoms with Gasteiger partial charge in [0.1, 0.15) is 12.0 Å². The molecule has 144 valence electrons. The second kappa shape index (κ2) is 9.13. The Kier molecular flexibility index (Phi) is 6.60. The number of ether oxygens (including phenoxy) is 1. The topological polar surface area (TPSA) is 111 Å². The summed E-state index contributed by atoms with van der Waals surface area (Å²) in [6, 6.07) is 7.99. The number of amides is 1. The van der Waals surface area contributed by atoms with E-state index in [1.54, 1.807) is 24.3 Å². The van der Waals surface area contributed by atoms with Crippen LogP contribution in [0, 0.1) is 0 Å². The Labute approximate surface area is 175 Å². The maximum absolute atomic E-state index is 12.2. The molecule has 0 spiro atoms. The molecule has 2 heterocycles. The summed E-state index contributed by atoms with van der Waals surface area (Å²) in [6.07, 6.45) is 1.11. The molecule has 1 aromatic carbocycles. The minimum Gasteiger partial charge on any atom is -0.464 e. The van der Waals surface area contributed by atoms with Crippen LogP contribution in [0.25, 0.3) is 0 Å². The number of aromatic nitrogens is 2. The second-order valence-electron chi connectivity index (χ2n) is 5.29. The van der Waals surface area contributed by atoms with Crippen LogP contribution in [0.15, 0.2) is 54.6 Å². The van der Waals surface area contributed by atoms with Crippen LogP contribution in [0.1, 0.15) is 23.0 Å². The van der Waals surface area contributed by atoms with Crippen LogP contribution in [0.4, 0.5) is 5.13 Å². The van der Waals surface area contributed by atoms with Crippen LogP contribution in [0.3, 0.4) is 0 Å². The van der Waals surface area contributed by atoms with E-state index >= 15 is 0 Å². The number of hydrogen-bond donors (Lipinski definition) is 1. The molecule has 0 unspecified atom stereocenters. The average molecular weight is 482 g/mol. The molecule has 2 aromatic heterocycles. The molecule has 0 aliphatic rings. The van der Waals surface area contributed by atoms with Crippen molar-refractivity contribution in [3.63, 3.8) is 0 Å². The molecule has 0 radical (unpaired) electrons. The van der Waals surface area contributed by atoms with Crippen molar-refractivity contribution >= 4 is 56.0 Å². The van der Waals surface area contributed by atoms with Gasteiger partial charge in [-0.25, -0.2) is 4.79 Å². The van der Waals surface area contributed by atoms with E-state index in [0.29, 0.717) is 31.0 Å². The van der Waals surface area contributed by atoms with E-state index < -0.39 is 11.4 Å². The van der Waals surface area contributed by atoms with Crippen LogP contribution in [-0.2, 0) is 10.5 Å². The van der Waals surface area contributed by atoms with Crippen molar-refractivity contribution in [3.05, 3.63) is 62.6 Å². The van der Waals surface area contributed by atoms with Crippen molar-refractivity contribution in [2.75, 3.05) is 5.32 Å². The normalized spacial score (nSPS) is 10.5. The van der Waals surface area contributed by atoms with Gasteiger partial charge in [-0.05, 0) is 28.1 Å². The molecular weight excluding hydrogens is 470 g/mol. The number of benzene rings is 1. The monoisotopic (exact) mass is 481 g/mol.